The van der Waals surface area contributed by atoms with Crippen molar-refractivity contribution in [3.8, 4) is 5.75 Å². The molecule has 0 unspecified atom stereocenters. The third-order valence-corrected chi connectivity index (χ3v) is 16.0. The van der Waals surface area contributed by atoms with Crippen molar-refractivity contribution in [1.82, 2.24) is 4.90 Å². The minimum Gasteiger partial charge on any atom is -0.497 e. The lowest BCUT2D eigenvalue weighted by atomic mass is 9.63. The molecule has 73 heavy (non-hydrogen) atoms. The Hall–Kier alpha value is -8.12. The topological polar surface area (TPSA) is 120 Å². The van der Waals surface area contributed by atoms with Crippen LogP contribution in [0.2, 0.25) is 0 Å². The van der Waals surface area contributed by atoms with Crippen molar-refractivity contribution in [2.75, 3.05) is 35.0 Å². The van der Waals surface area contributed by atoms with E-state index in [1.54, 1.807) is 26.7 Å². The molecule has 4 heterocycles. The number of ether oxygens (including phenoxy) is 2. The van der Waals surface area contributed by atoms with Crippen LogP contribution in [0.5, 0.6) is 5.75 Å². The fraction of sp³-hybridized carbons (Fsp3) is 0.226. The molecule has 8 aromatic rings. The number of fused-ring (bicyclic) bond motifs is 2. The van der Waals surface area contributed by atoms with E-state index in [1.807, 2.05) is 170 Å². The maximum atomic E-state index is 16.1. The second-order valence-corrected chi connectivity index (χ2v) is 20.3. The first-order chi connectivity index (χ1) is 35.4. The smallest absolute Gasteiger partial charge is 0.264 e. The summed E-state index contributed by atoms with van der Waals surface area (Å²) in [7, 11) is 1.63. The molecule has 12 rings (SSSR count). The Balaban J connectivity index is 0.962. The first-order valence-corrected chi connectivity index (χ1v) is 25.0. The highest BCUT2D eigenvalue weighted by Gasteiger charge is 2.66. The number of carbonyl (C=O) groups is 4. The van der Waals surface area contributed by atoms with Crippen LogP contribution in [0.1, 0.15) is 70.2 Å². The maximum Gasteiger partial charge on any atom is 0.264 e. The summed E-state index contributed by atoms with van der Waals surface area (Å²) in [6, 6.07) is 54.5. The molecule has 364 valence electrons. The van der Waals surface area contributed by atoms with Crippen molar-refractivity contribution in [2.45, 2.75) is 57.4 Å². The van der Waals surface area contributed by atoms with Crippen LogP contribution in [0, 0.1) is 11.8 Å². The zero-order chi connectivity index (χ0) is 50.3. The molecule has 4 aliphatic heterocycles. The molecule has 1 N–H and O–H groups in total. The summed E-state index contributed by atoms with van der Waals surface area (Å²) in [4.78, 5) is 66.3. The van der Waals surface area contributed by atoms with Crippen molar-refractivity contribution in [2.24, 2.45) is 11.8 Å². The van der Waals surface area contributed by atoms with Crippen molar-refractivity contribution in [1.29, 1.82) is 0 Å². The first-order valence-electron chi connectivity index (χ1n) is 25.0. The Morgan fingerprint density at radius 2 is 1.27 bits per heavy atom. The van der Waals surface area contributed by atoms with Gasteiger partial charge in [-0.25, -0.2) is 0 Å². The van der Waals surface area contributed by atoms with Gasteiger partial charge in [0.15, 0.2) is 5.60 Å². The average molecular weight is 967 g/mol. The zero-order valence-electron chi connectivity index (χ0n) is 41.1. The number of nitrogens with zero attached hydrogens (tertiary/aromatic N) is 4. The van der Waals surface area contributed by atoms with Gasteiger partial charge in [0.25, 0.3) is 17.7 Å². The number of aliphatic hydroxyl groups is 1. The van der Waals surface area contributed by atoms with Crippen LogP contribution in [0.25, 0.3) is 21.5 Å². The van der Waals surface area contributed by atoms with E-state index in [2.05, 4.69) is 20.8 Å². The highest BCUT2D eigenvalue weighted by molar-refractivity contribution is 6.29. The van der Waals surface area contributed by atoms with E-state index in [0.717, 1.165) is 49.6 Å². The molecule has 4 amide bonds. The quantitative estimate of drug-likeness (QED) is 0.122. The standard InChI is InChI=1S/C62H54N4O7/c1-38-57(61(2,3)43-24-29-46(72-4)30-25-43)53(35-54(68)63(32-33-67)36-39-12-6-5-7-13-39)73-62(38)49-34-45(66-52-21-11-17-42-15-9-19-48(56(42)52)59(66)70)28-31-50(49)64(60(62)71)37-40-22-26-44(27-23-40)65-51-20-10-16-41-14-8-18-47(55(41)51)58(65)69/h5-31,34,38,53,57,67H,32-33,35-37H2,1-4H3/t38-,53+,57-,62+/m0/s1. The number of hydrogen-bond donors (Lipinski definition) is 1. The Labute approximate surface area is 423 Å². The number of methoxy groups -OCH3 is 1. The lowest BCUT2D eigenvalue weighted by Crippen LogP contribution is -2.45. The largest absolute Gasteiger partial charge is 0.497 e. The van der Waals surface area contributed by atoms with Gasteiger partial charge in [0.2, 0.25) is 5.91 Å². The molecule has 4 atom stereocenters. The van der Waals surface area contributed by atoms with Crippen LogP contribution in [-0.2, 0) is 38.4 Å². The molecule has 4 aliphatic rings. The Morgan fingerprint density at radius 1 is 0.685 bits per heavy atom. The normalized spacial score (nSPS) is 19.8. The van der Waals surface area contributed by atoms with Crippen LogP contribution >= 0.6 is 0 Å². The predicted molar refractivity (Wildman–Crippen MR) is 284 cm³/mol. The number of carbonyl (C=O) groups excluding carboxylic acids is 4. The van der Waals surface area contributed by atoms with Crippen LogP contribution in [-0.4, -0.2) is 60.0 Å². The molecular formula is C62H54N4O7. The third kappa shape index (κ3) is 7.16. The maximum absolute atomic E-state index is 16.1. The van der Waals surface area contributed by atoms with Crippen LogP contribution in [0.4, 0.5) is 28.4 Å². The number of amides is 4. The molecule has 0 bridgehead atoms. The van der Waals surface area contributed by atoms with Gasteiger partial charge in [-0.2, -0.15) is 0 Å². The summed E-state index contributed by atoms with van der Waals surface area (Å²) in [5.74, 6) is -0.950. The number of aliphatic hydroxyl groups excluding tert-OH is 1. The van der Waals surface area contributed by atoms with Gasteiger partial charge in [0.05, 0.1) is 61.0 Å². The SMILES string of the molecule is COc1ccc(C(C)(C)[C@@H]2[C@@H](CC(=O)N(CCO)Cc3ccccc3)O[C@]3(C(=O)N(Cc4ccc(N5C(=O)c6cccc7cccc5c67)cc4)c4ccc(N5C(=O)c6cccc7cccc5c67)cc43)[C@H]2C)cc1. The van der Waals surface area contributed by atoms with E-state index in [0.29, 0.717) is 46.0 Å². The van der Waals surface area contributed by atoms with Crippen molar-refractivity contribution < 1.29 is 33.8 Å². The summed E-state index contributed by atoms with van der Waals surface area (Å²) in [6.45, 7) is 6.73. The van der Waals surface area contributed by atoms with Gasteiger partial charge < -0.3 is 24.4 Å². The van der Waals surface area contributed by atoms with E-state index in [-0.39, 0.29) is 49.7 Å². The summed E-state index contributed by atoms with van der Waals surface area (Å²) < 4.78 is 13.1. The number of rotatable bonds is 13. The van der Waals surface area contributed by atoms with Gasteiger partial charge in [0, 0.05) is 52.6 Å². The minimum absolute atomic E-state index is 0.0539. The van der Waals surface area contributed by atoms with Crippen molar-refractivity contribution in [3.05, 3.63) is 203 Å². The Bertz CT molecular complexity index is 3530. The summed E-state index contributed by atoms with van der Waals surface area (Å²) >= 11 is 0. The first kappa shape index (κ1) is 46.0. The summed E-state index contributed by atoms with van der Waals surface area (Å²) in [5, 5.41) is 14.0. The molecule has 1 fully saturated rings. The van der Waals surface area contributed by atoms with Gasteiger partial charge in [-0.1, -0.05) is 124 Å². The average Bonchev–Trinajstić information content (AvgIpc) is 4.06. The summed E-state index contributed by atoms with van der Waals surface area (Å²) in [6.07, 6.45) is -0.823. The lowest BCUT2D eigenvalue weighted by molar-refractivity contribution is -0.150. The molecular weight excluding hydrogens is 913 g/mol. The molecule has 0 saturated carbocycles. The van der Waals surface area contributed by atoms with Crippen molar-refractivity contribution >= 4 is 73.6 Å². The molecule has 0 aliphatic carbocycles. The molecule has 11 heteroatoms. The fourth-order valence-corrected chi connectivity index (χ4v) is 12.6. The van der Waals surface area contributed by atoms with Crippen LogP contribution in [0.15, 0.2) is 170 Å². The van der Waals surface area contributed by atoms with E-state index in [4.69, 9.17) is 9.47 Å². The lowest BCUT2D eigenvalue weighted by Gasteiger charge is -2.39. The van der Waals surface area contributed by atoms with Crippen LogP contribution < -0.4 is 19.4 Å². The summed E-state index contributed by atoms with van der Waals surface area (Å²) in [5.41, 5.74) is 5.90. The van der Waals surface area contributed by atoms with Gasteiger partial charge >= 0.3 is 0 Å². The Kier molecular flexibility index (Phi) is 11.1. The van der Waals surface area contributed by atoms with Gasteiger partial charge in [-0.3, -0.25) is 29.0 Å². The predicted octanol–water partition coefficient (Wildman–Crippen LogP) is 11.4. The molecule has 1 saturated heterocycles. The van der Waals surface area contributed by atoms with E-state index < -0.39 is 29.0 Å². The van der Waals surface area contributed by atoms with E-state index >= 15 is 4.79 Å². The zero-order valence-corrected chi connectivity index (χ0v) is 41.1. The van der Waals surface area contributed by atoms with Crippen LogP contribution in [0.3, 0.4) is 0 Å². The molecule has 0 radical (unpaired) electrons. The third-order valence-electron chi connectivity index (χ3n) is 16.0. The molecule has 8 aromatic carbocycles. The number of anilines is 5. The molecule has 0 aromatic heterocycles. The molecule has 11 nitrogen and oxygen atoms in total. The minimum atomic E-state index is -1.60. The van der Waals surface area contributed by atoms with Gasteiger partial charge in [-0.15, -0.1) is 0 Å². The van der Waals surface area contributed by atoms with E-state index in [9.17, 15) is 19.5 Å². The number of benzene rings is 8. The molecule has 1 spiro atoms. The van der Waals surface area contributed by atoms with E-state index in [1.165, 1.54) is 0 Å². The number of hydrogen-bond acceptors (Lipinski definition) is 7. The second kappa shape index (κ2) is 17.6. The highest BCUT2D eigenvalue weighted by Crippen LogP contribution is 2.61. The van der Waals surface area contributed by atoms with Gasteiger partial charge in [-0.05, 0) is 99.6 Å². The monoisotopic (exact) mass is 966 g/mol. The second-order valence-electron chi connectivity index (χ2n) is 20.3. The fourth-order valence-electron chi connectivity index (χ4n) is 12.6. The van der Waals surface area contributed by atoms with Crippen molar-refractivity contribution in [3.63, 3.8) is 0 Å². The highest BCUT2D eigenvalue weighted by atomic mass is 16.5. The Morgan fingerprint density at radius 3 is 1.88 bits per heavy atom. The van der Waals surface area contributed by atoms with Gasteiger partial charge in [0.1, 0.15) is 5.75 Å².